The van der Waals surface area contributed by atoms with E-state index in [0.717, 1.165) is 22.4 Å². The molecule has 0 bridgehead atoms. The standard InChI is InChI=1S/C17H21ClN2O/c1-16(2,3)13-8-12(17(4,5)21)10-20-15(13)11-6-7-14(18)19-9-11/h6-10,21H,1-5H3. The van der Waals surface area contributed by atoms with Gasteiger partial charge < -0.3 is 5.11 Å². The normalized spacial score (nSPS) is 12.5. The van der Waals surface area contributed by atoms with E-state index in [1.54, 1.807) is 32.3 Å². The van der Waals surface area contributed by atoms with Gasteiger partial charge in [0.1, 0.15) is 5.15 Å². The molecule has 0 saturated carbocycles. The quantitative estimate of drug-likeness (QED) is 0.840. The summed E-state index contributed by atoms with van der Waals surface area (Å²) in [6.07, 6.45) is 3.45. The van der Waals surface area contributed by atoms with E-state index in [9.17, 15) is 5.11 Å². The molecule has 2 aromatic heterocycles. The molecular formula is C17H21ClN2O. The second kappa shape index (κ2) is 5.39. The van der Waals surface area contributed by atoms with Gasteiger partial charge in [-0.05, 0) is 43.0 Å². The van der Waals surface area contributed by atoms with E-state index in [1.165, 1.54) is 0 Å². The zero-order chi connectivity index (χ0) is 15.8. The smallest absolute Gasteiger partial charge is 0.129 e. The molecule has 0 aliphatic heterocycles. The predicted octanol–water partition coefficient (Wildman–Crippen LogP) is 4.32. The molecule has 0 saturated heterocycles. The van der Waals surface area contributed by atoms with Gasteiger partial charge in [0.15, 0.2) is 0 Å². The lowest BCUT2D eigenvalue weighted by molar-refractivity contribution is 0.0781. The van der Waals surface area contributed by atoms with Crippen LogP contribution in [0.4, 0.5) is 0 Å². The zero-order valence-corrected chi connectivity index (χ0v) is 13.9. The molecule has 2 heterocycles. The Hall–Kier alpha value is -1.45. The van der Waals surface area contributed by atoms with Crippen molar-refractivity contribution < 1.29 is 5.11 Å². The van der Waals surface area contributed by atoms with Gasteiger partial charge in [-0.2, -0.15) is 0 Å². The number of halogens is 1. The molecule has 0 radical (unpaired) electrons. The molecule has 0 amide bonds. The first-order chi connectivity index (χ1) is 9.59. The summed E-state index contributed by atoms with van der Waals surface area (Å²) < 4.78 is 0. The van der Waals surface area contributed by atoms with Crippen molar-refractivity contribution in [2.45, 2.75) is 45.6 Å². The Morgan fingerprint density at radius 3 is 2.14 bits per heavy atom. The molecule has 0 atom stereocenters. The third-order valence-electron chi connectivity index (χ3n) is 3.40. The van der Waals surface area contributed by atoms with Crippen molar-refractivity contribution in [3.63, 3.8) is 0 Å². The highest BCUT2D eigenvalue weighted by Gasteiger charge is 2.24. The monoisotopic (exact) mass is 304 g/mol. The van der Waals surface area contributed by atoms with Crippen LogP contribution in [0.25, 0.3) is 11.3 Å². The molecule has 0 fully saturated rings. The van der Waals surface area contributed by atoms with Crippen LogP contribution in [0.3, 0.4) is 0 Å². The van der Waals surface area contributed by atoms with Crippen molar-refractivity contribution in [2.75, 3.05) is 0 Å². The number of pyridine rings is 2. The van der Waals surface area contributed by atoms with E-state index < -0.39 is 5.60 Å². The number of hydrogen-bond donors (Lipinski definition) is 1. The van der Waals surface area contributed by atoms with Gasteiger partial charge in [0.25, 0.3) is 0 Å². The first kappa shape index (κ1) is 15.9. The molecule has 112 valence electrons. The lowest BCUT2D eigenvalue weighted by atomic mass is 9.82. The van der Waals surface area contributed by atoms with Crippen molar-refractivity contribution in [3.8, 4) is 11.3 Å². The Kier molecular flexibility index (Phi) is 4.09. The fraction of sp³-hybridized carbons (Fsp3) is 0.412. The largest absolute Gasteiger partial charge is 0.386 e. The molecule has 0 aliphatic rings. The van der Waals surface area contributed by atoms with Crippen LogP contribution in [0.15, 0.2) is 30.6 Å². The summed E-state index contributed by atoms with van der Waals surface area (Å²) in [5.41, 5.74) is 2.67. The number of rotatable bonds is 2. The Labute approximate surface area is 131 Å². The van der Waals surface area contributed by atoms with Crippen LogP contribution in [0, 0.1) is 0 Å². The molecule has 0 spiro atoms. The fourth-order valence-electron chi connectivity index (χ4n) is 2.12. The van der Waals surface area contributed by atoms with Crippen LogP contribution in [-0.4, -0.2) is 15.1 Å². The lowest BCUT2D eigenvalue weighted by Crippen LogP contribution is -2.20. The third-order valence-corrected chi connectivity index (χ3v) is 3.63. The van der Waals surface area contributed by atoms with Crippen LogP contribution in [0.5, 0.6) is 0 Å². The minimum absolute atomic E-state index is 0.0940. The van der Waals surface area contributed by atoms with Crippen LogP contribution < -0.4 is 0 Å². The van der Waals surface area contributed by atoms with E-state index in [2.05, 4.69) is 30.7 Å². The van der Waals surface area contributed by atoms with Crippen molar-refractivity contribution in [3.05, 3.63) is 46.9 Å². The van der Waals surface area contributed by atoms with Crippen molar-refractivity contribution >= 4 is 11.6 Å². The van der Waals surface area contributed by atoms with Crippen LogP contribution >= 0.6 is 11.6 Å². The van der Waals surface area contributed by atoms with Crippen LogP contribution in [0.2, 0.25) is 5.15 Å². The number of nitrogens with zero attached hydrogens (tertiary/aromatic N) is 2. The number of aliphatic hydroxyl groups is 1. The molecule has 0 aromatic carbocycles. The Bertz CT molecular complexity index is 637. The minimum Gasteiger partial charge on any atom is -0.386 e. The van der Waals surface area contributed by atoms with Crippen LogP contribution in [-0.2, 0) is 11.0 Å². The highest BCUT2D eigenvalue weighted by molar-refractivity contribution is 6.29. The van der Waals surface area contributed by atoms with E-state index in [-0.39, 0.29) is 5.41 Å². The summed E-state index contributed by atoms with van der Waals surface area (Å²) in [4.78, 5) is 8.69. The van der Waals surface area contributed by atoms with Gasteiger partial charge in [-0.3, -0.25) is 4.98 Å². The summed E-state index contributed by atoms with van der Waals surface area (Å²) in [6, 6.07) is 5.70. The van der Waals surface area contributed by atoms with Gasteiger partial charge in [-0.25, -0.2) is 4.98 Å². The topological polar surface area (TPSA) is 46.0 Å². The zero-order valence-electron chi connectivity index (χ0n) is 13.1. The average Bonchev–Trinajstić information content (AvgIpc) is 2.37. The highest BCUT2D eigenvalue weighted by Crippen LogP contribution is 2.34. The molecule has 0 unspecified atom stereocenters. The van der Waals surface area contributed by atoms with E-state index in [4.69, 9.17) is 11.6 Å². The number of hydrogen-bond acceptors (Lipinski definition) is 3. The summed E-state index contributed by atoms with van der Waals surface area (Å²) in [5.74, 6) is 0. The van der Waals surface area contributed by atoms with Gasteiger partial charge in [0.2, 0.25) is 0 Å². The van der Waals surface area contributed by atoms with Crippen LogP contribution in [0.1, 0.15) is 45.7 Å². The first-order valence-electron chi connectivity index (χ1n) is 6.94. The first-order valence-corrected chi connectivity index (χ1v) is 7.32. The second-order valence-corrected chi connectivity index (χ2v) is 7.19. The van der Waals surface area contributed by atoms with Crippen molar-refractivity contribution in [2.24, 2.45) is 0 Å². The molecule has 2 aromatic rings. The molecular weight excluding hydrogens is 284 g/mol. The molecule has 21 heavy (non-hydrogen) atoms. The molecule has 2 rings (SSSR count). The average molecular weight is 305 g/mol. The summed E-state index contributed by atoms with van der Waals surface area (Å²) in [5, 5.41) is 10.7. The lowest BCUT2D eigenvalue weighted by Gasteiger charge is -2.26. The fourth-order valence-corrected chi connectivity index (χ4v) is 2.23. The molecule has 4 heteroatoms. The van der Waals surface area contributed by atoms with Gasteiger partial charge in [0.05, 0.1) is 11.3 Å². The molecule has 1 N–H and O–H groups in total. The Morgan fingerprint density at radius 1 is 1.00 bits per heavy atom. The highest BCUT2D eigenvalue weighted by atomic mass is 35.5. The molecule has 0 aliphatic carbocycles. The summed E-state index contributed by atoms with van der Waals surface area (Å²) in [7, 11) is 0. The third kappa shape index (κ3) is 3.60. The maximum absolute atomic E-state index is 10.2. The van der Waals surface area contributed by atoms with Gasteiger partial charge in [0, 0.05) is 23.5 Å². The van der Waals surface area contributed by atoms with Crippen molar-refractivity contribution in [1.29, 1.82) is 0 Å². The Balaban J connectivity index is 2.63. The SMILES string of the molecule is CC(C)(C)c1cc(C(C)(C)O)cnc1-c1ccc(Cl)nc1. The predicted molar refractivity (Wildman–Crippen MR) is 86.4 cm³/mol. The van der Waals surface area contributed by atoms with E-state index in [0.29, 0.717) is 5.15 Å². The molecule has 3 nitrogen and oxygen atoms in total. The van der Waals surface area contributed by atoms with Gasteiger partial charge in [-0.15, -0.1) is 0 Å². The van der Waals surface area contributed by atoms with Crippen molar-refractivity contribution in [1.82, 2.24) is 9.97 Å². The maximum Gasteiger partial charge on any atom is 0.129 e. The maximum atomic E-state index is 10.2. The van der Waals surface area contributed by atoms with Gasteiger partial charge >= 0.3 is 0 Å². The van der Waals surface area contributed by atoms with E-state index in [1.807, 2.05) is 12.1 Å². The van der Waals surface area contributed by atoms with E-state index >= 15 is 0 Å². The second-order valence-electron chi connectivity index (χ2n) is 6.80. The minimum atomic E-state index is -0.913. The summed E-state index contributed by atoms with van der Waals surface area (Å²) >= 11 is 5.85. The Morgan fingerprint density at radius 2 is 1.67 bits per heavy atom. The summed E-state index contributed by atoms with van der Waals surface area (Å²) in [6.45, 7) is 9.92. The van der Waals surface area contributed by atoms with Gasteiger partial charge in [-0.1, -0.05) is 32.4 Å². The number of aromatic nitrogens is 2.